The number of carbonyl (C=O) groups is 2. The fraction of sp³-hybridized carbons (Fsp3) is 0.273. The standard InChI is InChI=1S/C33H32N6O3/c1-20-19-38(32-25-8-4-5-9-26(25)33(41)36-29-11-7-6-10-27(29)32)14-15-39(20)30-13-12-24(16-23(30)18-34)35-31(40)17-28-21(2)37-42-22(28)3/h4-13,16,20,32H,14-15,17,19H2,1-3H3,(H,35,40)(H,36,41)/t20-,32?/m1/s1. The molecule has 9 heteroatoms. The molecule has 1 saturated heterocycles. The molecule has 1 aromatic heterocycles. The first-order chi connectivity index (χ1) is 20.3. The molecule has 0 saturated carbocycles. The third-order valence-electron chi connectivity index (χ3n) is 8.26. The normalized spacial score (nSPS) is 18.3. The number of nitriles is 1. The van der Waals surface area contributed by atoms with Crippen molar-refractivity contribution in [1.82, 2.24) is 10.1 Å². The van der Waals surface area contributed by atoms with Gasteiger partial charge in [-0.25, -0.2) is 0 Å². The summed E-state index contributed by atoms with van der Waals surface area (Å²) in [5.74, 6) is 0.340. The van der Waals surface area contributed by atoms with E-state index >= 15 is 0 Å². The van der Waals surface area contributed by atoms with E-state index in [0.29, 0.717) is 34.8 Å². The van der Waals surface area contributed by atoms with Gasteiger partial charge in [0.05, 0.1) is 29.4 Å². The van der Waals surface area contributed by atoms with Gasteiger partial charge in [0.1, 0.15) is 11.8 Å². The second kappa shape index (κ2) is 11.1. The molecular formula is C33H32N6O3. The Bertz CT molecular complexity index is 1700. The van der Waals surface area contributed by atoms with Crippen molar-refractivity contribution >= 4 is 28.9 Å². The second-order valence-electron chi connectivity index (χ2n) is 10.9. The van der Waals surface area contributed by atoms with Crippen LogP contribution in [0.4, 0.5) is 17.1 Å². The van der Waals surface area contributed by atoms with Crippen LogP contribution >= 0.6 is 0 Å². The zero-order valence-electron chi connectivity index (χ0n) is 23.8. The molecule has 4 aromatic rings. The van der Waals surface area contributed by atoms with Gasteiger partial charge in [-0.3, -0.25) is 14.5 Å². The molecule has 3 heterocycles. The van der Waals surface area contributed by atoms with Crippen molar-refractivity contribution in [1.29, 1.82) is 5.26 Å². The summed E-state index contributed by atoms with van der Waals surface area (Å²) in [4.78, 5) is 30.5. The average molecular weight is 561 g/mol. The van der Waals surface area contributed by atoms with E-state index in [1.165, 1.54) is 0 Å². The first-order valence-electron chi connectivity index (χ1n) is 14.1. The van der Waals surface area contributed by atoms with E-state index in [2.05, 4.69) is 44.6 Å². The fourth-order valence-corrected chi connectivity index (χ4v) is 6.19. The molecule has 6 rings (SSSR count). The molecule has 1 fully saturated rings. The number of rotatable bonds is 5. The van der Waals surface area contributed by atoms with E-state index < -0.39 is 0 Å². The Labute approximate surface area is 244 Å². The molecule has 0 bridgehead atoms. The van der Waals surface area contributed by atoms with Gasteiger partial charge in [0.2, 0.25) is 5.91 Å². The molecule has 9 nitrogen and oxygen atoms in total. The third-order valence-corrected chi connectivity index (χ3v) is 8.26. The number of fused-ring (bicyclic) bond motifs is 2. The molecule has 2 amide bonds. The lowest BCUT2D eigenvalue weighted by Crippen LogP contribution is -2.53. The van der Waals surface area contributed by atoms with Crippen molar-refractivity contribution in [2.75, 3.05) is 35.2 Å². The molecular weight excluding hydrogens is 528 g/mol. The third kappa shape index (κ3) is 5.01. The van der Waals surface area contributed by atoms with Crippen LogP contribution in [-0.4, -0.2) is 47.5 Å². The highest BCUT2D eigenvalue weighted by Crippen LogP contribution is 2.39. The number of nitrogens with zero attached hydrogens (tertiary/aromatic N) is 4. The summed E-state index contributed by atoms with van der Waals surface area (Å²) in [5, 5.41) is 20.0. The number of nitrogens with one attached hydrogen (secondary N) is 2. The molecule has 0 aliphatic carbocycles. The minimum Gasteiger partial charge on any atom is -0.365 e. The number of carbonyl (C=O) groups excluding carboxylic acids is 2. The first-order valence-corrected chi connectivity index (χ1v) is 14.1. The van der Waals surface area contributed by atoms with Gasteiger partial charge in [0.15, 0.2) is 0 Å². The SMILES string of the molecule is Cc1noc(C)c1CC(=O)Nc1ccc(N2CCN(C3c4ccccc4NC(=O)c4ccccc43)C[C@H]2C)c(C#N)c1. The van der Waals surface area contributed by atoms with Crippen LogP contribution in [-0.2, 0) is 11.2 Å². The Balaban J connectivity index is 1.22. The predicted octanol–water partition coefficient (Wildman–Crippen LogP) is 5.21. The zero-order chi connectivity index (χ0) is 29.4. The van der Waals surface area contributed by atoms with E-state index in [4.69, 9.17) is 4.52 Å². The van der Waals surface area contributed by atoms with Crippen molar-refractivity contribution in [2.24, 2.45) is 0 Å². The predicted molar refractivity (Wildman–Crippen MR) is 161 cm³/mol. The number of aryl methyl sites for hydroxylation is 2. The van der Waals surface area contributed by atoms with Crippen LogP contribution in [0, 0.1) is 25.2 Å². The summed E-state index contributed by atoms with van der Waals surface area (Å²) < 4.78 is 5.17. The van der Waals surface area contributed by atoms with Crippen LogP contribution in [0.2, 0.25) is 0 Å². The highest BCUT2D eigenvalue weighted by Gasteiger charge is 2.35. The summed E-state index contributed by atoms with van der Waals surface area (Å²) in [7, 11) is 0. The maximum atomic E-state index is 13.1. The largest absolute Gasteiger partial charge is 0.365 e. The average Bonchev–Trinajstić information content (AvgIpc) is 3.23. The zero-order valence-corrected chi connectivity index (χ0v) is 23.8. The molecule has 212 valence electrons. The Morgan fingerprint density at radius 3 is 2.60 bits per heavy atom. The summed E-state index contributed by atoms with van der Waals surface area (Å²) in [6.07, 6.45) is 0.151. The molecule has 2 atom stereocenters. The maximum absolute atomic E-state index is 13.1. The highest BCUT2D eigenvalue weighted by atomic mass is 16.5. The van der Waals surface area contributed by atoms with E-state index in [-0.39, 0.29) is 30.3 Å². The topological polar surface area (TPSA) is 114 Å². The van der Waals surface area contributed by atoms with Crippen molar-refractivity contribution in [3.63, 3.8) is 0 Å². The summed E-state index contributed by atoms with van der Waals surface area (Å²) in [6, 6.07) is 23.7. The van der Waals surface area contributed by atoms with Gasteiger partial charge >= 0.3 is 0 Å². The number of benzene rings is 3. The van der Waals surface area contributed by atoms with Crippen LogP contribution in [0.3, 0.4) is 0 Å². The van der Waals surface area contributed by atoms with Gasteiger partial charge in [0, 0.05) is 48.2 Å². The minimum atomic E-state index is -0.194. The van der Waals surface area contributed by atoms with Crippen molar-refractivity contribution in [2.45, 2.75) is 39.3 Å². The van der Waals surface area contributed by atoms with Crippen LogP contribution in [0.1, 0.15) is 57.0 Å². The van der Waals surface area contributed by atoms with Crippen LogP contribution in [0.5, 0.6) is 0 Å². The van der Waals surface area contributed by atoms with Gasteiger partial charge < -0.3 is 20.1 Å². The fourth-order valence-electron chi connectivity index (χ4n) is 6.19. The molecule has 0 radical (unpaired) electrons. The van der Waals surface area contributed by atoms with Crippen LogP contribution in [0.15, 0.2) is 71.3 Å². The minimum absolute atomic E-state index is 0.0772. The van der Waals surface area contributed by atoms with E-state index in [1.807, 2.05) is 61.5 Å². The lowest BCUT2D eigenvalue weighted by atomic mass is 9.92. The molecule has 1 unspecified atom stereocenters. The Morgan fingerprint density at radius 1 is 1.10 bits per heavy atom. The lowest BCUT2D eigenvalue weighted by molar-refractivity contribution is -0.115. The Hall–Kier alpha value is -4.94. The maximum Gasteiger partial charge on any atom is 0.256 e. The number of hydrogen-bond acceptors (Lipinski definition) is 7. The number of aromatic nitrogens is 1. The lowest BCUT2D eigenvalue weighted by Gasteiger charge is -2.45. The Kier molecular flexibility index (Phi) is 7.23. The number of hydrogen-bond donors (Lipinski definition) is 2. The molecule has 2 N–H and O–H groups in total. The van der Waals surface area contributed by atoms with Gasteiger partial charge in [0.25, 0.3) is 5.91 Å². The Morgan fingerprint density at radius 2 is 1.86 bits per heavy atom. The summed E-state index contributed by atoms with van der Waals surface area (Å²) in [5.41, 5.74) is 6.98. The number of piperazine rings is 1. The van der Waals surface area contributed by atoms with Crippen molar-refractivity contribution in [3.8, 4) is 6.07 Å². The number of para-hydroxylation sites is 1. The summed E-state index contributed by atoms with van der Waals surface area (Å²) >= 11 is 0. The van der Waals surface area contributed by atoms with E-state index in [0.717, 1.165) is 41.2 Å². The molecule has 0 spiro atoms. The molecule has 42 heavy (non-hydrogen) atoms. The van der Waals surface area contributed by atoms with Crippen molar-refractivity contribution < 1.29 is 14.1 Å². The van der Waals surface area contributed by atoms with Gasteiger partial charge in [-0.2, -0.15) is 5.26 Å². The molecule has 2 aliphatic rings. The van der Waals surface area contributed by atoms with E-state index in [9.17, 15) is 14.9 Å². The monoisotopic (exact) mass is 560 g/mol. The quantitative estimate of drug-likeness (QED) is 0.344. The van der Waals surface area contributed by atoms with Crippen LogP contribution in [0.25, 0.3) is 0 Å². The first kappa shape index (κ1) is 27.2. The number of anilines is 3. The smallest absolute Gasteiger partial charge is 0.256 e. The van der Waals surface area contributed by atoms with Gasteiger partial charge in [-0.05, 0) is 62.2 Å². The number of amides is 2. The van der Waals surface area contributed by atoms with Crippen LogP contribution < -0.4 is 15.5 Å². The van der Waals surface area contributed by atoms with Crippen molar-refractivity contribution in [3.05, 3.63) is 106 Å². The van der Waals surface area contributed by atoms with E-state index in [1.54, 1.807) is 13.0 Å². The molecule has 2 aliphatic heterocycles. The molecule has 3 aromatic carbocycles. The van der Waals surface area contributed by atoms with Gasteiger partial charge in [-0.15, -0.1) is 0 Å². The second-order valence-corrected chi connectivity index (χ2v) is 10.9. The highest BCUT2D eigenvalue weighted by molar-refractivity contribution is 6.07. The summed E-state index contributed by atoms with van der Waals surface area (Å²) in [6.45, 7) is 7.94. The van der Waals surface area contributed by atoms with Gasteiger partial charge in [-0.1, -0.05) is 41.6 Å².